The molecule has 0 N–H and O–H groups in total. The molecule has 6 heteroatoms. The first-order chi connectivity index (χ1) is 10.9. The van der Waals surface area contributed by atoms with Gasteiger partial charge in [0.05, 0.1) is 16.3 Å². The smallest absolute Gasteiger partial charge is 0.256 e. The molecule has 0 radical (unpaired) electrons. The predicted molar refractivity (Wildman–Crippen MR) is 90.2 cm³/mol. The summed E-state index contributed by atoms with van der Waals surface area (Å²) in [6.45, 7) is 2.84. The second-order valence-electron chi connectivity index (χ2n) is 6.15. The lowest BCUT2D eigenvalue weighted by molar-refractivity contribution is 0.0727. The van der Waals surface area contributed by atoms with E-state index in [1.165, 1.54) is 6.26 Å². The fraction of sp³-hybridized carbons (Fsp3) is 0.412. The van der Waals surface area contributed by atoms with Gasteiger partial charge in [-0.05, 0) is 31.9 Å². The predicted octanol–water partition coefficient (Wildman–Crippen LogP) is 2.19. The molecule has 1 amide bonds. The van der Waals surface area contributed by atoms with Crippen molar-refractivity contribution in [2.24, 2.45) is 0 Å². The quantitative estimate of drug-likeness (QED) is 0.845. The van der Waals surface area contributed by atoms with Crippen molar-refractivity contribution in [1.82, 2.24) is 9.88 Å². The highest BCUT2D eigenvalue weighted by atomic mass is 32.2. The molecule has 2 heterocycles. The lowest BCUT2D eigenvalue weighted by Crippen LogP contribution is -2.42. The molecule has 1 aliphatic heterocycles. The van der Waals surface area contributed by atoms with E-state index in [4.69, 9.17) is 0 Å². The highest BCUT2D eigenvalue weighted by Crippen LogP contribution is 2.22. The van der Waals surface area contributed by atoms with Crippen LogP contribution in [0.15, 0.2) is 30.3 Å². The molecule has 1 aromatic heterocycles. The number of carbonyl (C=O) groups excluding carboxylic acids is 1. The van der Waals surface area contributed by atoms with Gasteiger partial charge in [-0.3, -0.25) is 9.78 Å². The number of carbonyl (C=O) groups is 1. The Morgan fingerprint density at radius 1 is 1.17 bits per heavy atom. The molecule has 0 saturated carbocycles. The Morgan fingerprint density at radius 2 is 1.87 bits per heavy atom. The Kier molecular flexibility index (Phi) is 4.10. The van der Waals surface area contributed by atoms with Crippen molar-refractivity contribution >= 4 is 26.6 Å². The molecule has 1 saturated heterocycles. The van der Waals surface area contributed by atoms with Gasteiger partial charge in [0.25, 0.3) is 5.91 Å². The molecule has 3 rings (SSSR count). The zero-order valence-electron chi connectivity index (χ0n) is 13.3. The Morgan fingerprint density at radius 3 is 2.52 bits per heavy atom. The topological polar surface area (TPSA) is 67.3 Å². The molecule has 0 unspecified atom stereocenters. The largest absolute Gasteiger partial charge is 0.338 e. The second-order valence-corrected chi connectivity index (χ2v) is 8.48. The molecule has 0 spiro atoms. The van der Waals surface area contributed by atoms with E-state index in [0.717, 1.165) is 11.1 Å². The fourth-order valence-electron chi connectivity index (χ4n) is 3.07. The first kappa shape index (κ1) is 15.9. The maximum atomic E-state index is 12.8. The summed E-state index contributed by atoms with van der Waals surface area (Å²) in [5, 5.41) is 0.604. The minimum atomic E-state index is -3.03. The number of aromatic nitrogens is 1. The minimum absolute atomic E-state index is 0.0688. The van der Waals surface area contributed by atoms with Gasteiger partial charge in [0.2, 0.25) is 0 Å². The molecule has 23 heavy (non-hydrogen) atoms. The first-order valence-corrected chi connectivity index (χ1v) is 9.66. The van der Waals surface area contributed by atoms with Crippen LogP contribution in [0.2, 0.25) is 0 Å². The van der Waals surface area contributed by atoms with E-state index in [2.05, 4.69) is 4.98 Å². The molecule has 1 fully saturated rings. The fourth-order valence-corrected chi connectivity index (χ4v) is 4.14. The van der Waals surface area contributed by atoms with Crippen LogP contribution in [-0.4, -0.2) is 48.8 Å². The van der Waals surface area contributed by atoms with E-state index in [1.54, 1.807) is 11.0 Å². The number of rotatable bonds is 2. The standard InChI is InChI=1S/C17H20N2O3S/c1-12-6-7-13-4-3-5-15(16(13)18-12)17(20)19-10-8-14(9-11-19)23(2,21)22/h3-7,14H,8-11H2,1-2H3. The van der Waals surface area contributed by atoms with E-state index in [0.29, 0.717) is 37.0 Å². The number of likely N-dealkylation sites (tertiary alicyclic amines) is 1. The molecule has 0 bridgehead atoms. The molecule has 1 aliphatic rings. The average molecular weight is 332 g/mol. The number of piperidine rings is 1. The van der Waals surface area contributed by atoms with Gasteiger partial charge in [0, 0.05) is 30.4 Å². The summed E-state index contributed by atoms with van der Waals surface area (Å²) in [7, 11) is -3.03. The summed E-state index contributed by atoms with van der Waals surface area (Å²) in [4.78, 5) is 19.1. The van der Waals surface area contributed by atoms with Crippen molar-refractivity contribution in [2.75, 3.05) is 19.3 Å². The zero-order valence-corrected chi connectivity index (χ0v) is 14.1. The van der Waals surface area contributed by atoms with E-state index >= 15 is 0 Å². The number of sulfone groups is 1. The van der Waals surface area contributed by atoms with Gasteiger partial charge in [0.15, 0.2) is 0 Å². The van der Waals surface area contributed by atoms with Gasteiger partial charge in [0.1, 0.15) is 9.84 Å². The molecule has 2 aromatic rings. The number of amides is 1. The lowest BCUT2D eigenvalue weighted by atomic mass is 10.1. The normalized spacial score (nSPS) is 16.7. The van der Waals surface area contributed by atoms with E-state index in [-0.39, 0.29) is 11.2 Å². The van der Waals surface area contributed by atoms with Crippen LogP contribution in [0, 0.1) is 6.92 Å². The van der Waals surface area contributed by atoms with Gasteiger partial charge in [-0.1, -0.05) is 18.2 Å². The van der Waals surface area contributed by atoms with Crippen molar-refractivity contribution in [1.29, 1.82) is 0 Å². The molecule has 0 aliphatic carbocycles. The van der Waals surface area contributed by atoms with Crippen LogP contribution >= 0.6 is 0 Å². The molecule has 1 aromatic carbocycles. The van der Waals surface area contributed by atoms with Gasteiger partial charge >= 0.3 is 0 Å². The number of benzene rings is 1. The van der Waals surface area contributed by atoms with Gasteiger partial charge in [-0.25, -0.2) is 8.42 Å². The van der Waals surface area contributed by atoms with E-state index in [1.807, 2.05) is 31.2 Å². The van der Waals surface area contributed by atoms with Crippen molar-refractivity contribution in [3.8, 4) is 0 Å². The summed E-state index contributed by atoms with van der Waals surface area (Å²) in [6.07, 6.45) is 2.27. The highest BCUT2D eigenvalue weighted by Gasteiger charge is 2.29. The maximum Gasteiger partial charge on any atom is 0.256 e. The molecule has 122 valence electrons. The number of para-hydroxylation sites is 1. The lowest BCUT2D eigenvalue weighted by Gasteiger charge is -2.31. The second kappa shape index (κ2) is 5.92. The third-order valence-corrected chi connectivity index (χ3v) is 6.11. The Bertz CT molecular complexity index is 853. The maximum absolute atomic E-state index is 12.8. The monoisotopic (exact) mass is 332 g/mol. The summed E-state index contributed by atoms with van der Waals surface area (Å²) >= 11 is 0. The van der Waals surface area contributed by atoms with Gasteiger partial charge < -0.3 is 4.90 Å². The third kappa shape index (κ3) is 3.22. The summed E-state index contributed by atoms with van der Waals surface area (Å²) < 4.78 is 23.3. The van der Waals surface area contributed by atoms with Crippen LogP contribution in [0.5, 0.6) is 0 Å². The molecule has 5 nitrogen and oxygen atoms in total. The summed E-state index contributed by atoms with van der Waals surface area (Å²) in [5.74, 6) is -0.0688. The van der Waals surface area contributed by atoms with Crippen LogP contribution < -0.4 is 0 Å². The molecule has 0 atom stereocenters. The number of hydrogen-bond donors (Lipinski definition) is 0. The van der Waals surface area contributed by atoms with Gasteiger partial charge in [-0.2, -0.15) is 0 Å². The molecular formula is C17H20N2O3S. The Hall–Kier alpha value is -1.95. The number of fused-ring (bicyclic) bond motifs is 1. The van der Waals surface area contributed by atoms with Crippen LogP contribution in [0.25, 0.3) is 10.9 Å². The molecular weight excluding hydrogens is 312 g/mol. The number of pyridine rings is 1. The van der Waals surface area contributed by atoms with Crippen LogP contribution in [-0.2, 0) is 9.84 Å². The minimum Gasteiger partial charge on any atom is -0.338 e. The van der Waals surface area contributed by atoms with Crippen molar-refractivity contribution in [3.63, 3.8) is 0 Å². The van der Waals surface area contributed by atoms with Crippen molar-refractivity contribution in [2.45, 2.75) is 25.0 Å². The van der Waals surface area contributed by atoms with Crippen LogP contribution in [0.4, 0.5) is 0 Å². The number of aryl methyl sites for hydroxylation is 1. The first-order valence-electron chi connectivity index (χ1n) is 7.71. The van der Waals surface area contributed by atoms with E-state index < -0.39 is 9.84 Å². The highest BCUT2D eigenvalue weighted by molar-refractivity contribution is 7.91. The Balaban J connectivity index is 1.86. The summed E-state index contributed by atoms with van der Waals surface area (Å²) in [5.41, 5.74) is 2.17. The van der Waals surface area contributed by atoms with Gasteiger partial charge in [-0.15, -0.1) is 0 Å². The number of hydrogen-bond acceptors (Lipinski definition) is 4. The van der Waals surface area contributed by atoms with Crippen molar-refractivity contribution < 1.29 is 13.2 Å². The SMILES string of the molecule is Cc1ccc2cccc(C(=O)N3CCC(S(C)(=O)=O)CC3)c2n1. The average Bonchev–Trinajstić information content (AvgIpc) is 2.53. The van der Waals surface area contributed by atoms with Crippen molar-refractivity contribution in [3.05, 3.63) is 41.6 Å². The zero-order chi connectivity index (χ0) is 16.6. The van der Waals surface area contributed by atoms with Crippen LogP contribution in [0.3, 0.4) is 0 Å². The van der Waals surface area contributed by atoms with E-state index in [9.17, 15) is 13.2 Å². The number of nitrogens with zero attached hydrogens (tertiary/aromatic N) is 2. The summed E-state index contributed by atoms with van der Waals surface area (Å²) in [6, 6.07) is 9.47. The van der Waals surface area contributed by atoms with Crippen LogP contribution in [0.1, 0.15) is 28.9 Å². The Labute approximate surface area is 136 Å². The third-order valence-electron chi connectivity index (χ3n) is 4.42.